The molecule has 2 N–H and O–H groups in total. The molecule has 0 unspecified atom stereocenters. The van der Waals surface area contributed by atoms with Crippen LogP contribution < -0.4 is 0 Å². The minimum Gasteiger partial charge on any atom is -0.389 e. The van der Waals surface area contributed by atoms with Gasteiger partial charge in [0, 0.05) is 18.0 Å². The Morgan fingerprint density at radius 1 is 1.30 bits per heavy atom. The van der Waals surface area contributed by atoms with Crippen molar-refractivity contribution in [3.05, 3.63) is 46.9 Å². The molecule has 2 aromatic heterocycles. The second-order valence-electron chi connectivity index (χ2n) is 6.58. The molecule has 3 rings (SSSR count). The van der Waals surface area contributed by atoms with Gasteiger partial charge >= 0.3 is 0 Å². The first-order chi connectivity index (χ1) is 13.1. The number of hydrogen-bond donors (Lipinski definition) is 2. The summed E-state index contributed by atoms with van der Waals surface area (Å²) in [5.41, 5.74) is 2.18. The van der Waals surface area contributed by atoms with Crippen molar-refractivity contribution in [3.8, 4) is 10.4 Å². The molecule has 0 fully saturated rings. The molecule has 3 aromatic rings. The Labute approximate surface area is 161 Å². The Hall–Kier alpha value is -2.45. The number of nitrogens with one attached hydrogen (secondary N) is 1. The Kier molecular flexibility index (Phi) is 6.41. The zero-order valence-electron chi connectivity index (χ0n) is 15.4. The highest BCUT2D eigenvalue weighted by molar-refractivity contribution is 7.15. The molecule has 0 radical (unpaired) electrons. The standard InChI is InChI=1S/C19H23N5O2S/c1-3-4-15(12(2)26)16(19-21-23-24-22-19)9-13-5-7-14(8-6-13)17-10-20-18(11-25)27-17/h5-8,10,15-16,25H,3-4,9,11H2,1-2H3,(H,21,22,23,24)/t15-,16+/m1/s1. The number of hydrogen-bond acceptors (Lipinski definition) is 7. The molecule has 0 amide bonds. The van der Waals surface area contributed by atoms with E-state index in [2.05, 4.69) is 44.7 Å². The number of benzene rings is 1. The van der Waals surface area contributed by atoms with E-state index in [4.69, 9.17) is 0 Å². The number of Topliss-reactive ketones (excluding diaryl/α,β-unsaturated/α-hetero) is 1. The van der Waals surface area contributed by atoms with E-state index in [1.807, 2.05) is 12.1 Å². The molecule has 0 aliphatic carbocycles. The third-order valence-corrected chi connectivity index (χ3v) is 5.73. The molecule has 0 saturated carbocycles. The molecule has 27 heavy (non-hydrogen) atoms. The highest BCUT2D eigenvalue weighted by atomic mass is 32.1. The van der Waals surface area contributed by atoms with Gasteiger partial charge in [-0.1, -0.05) is 37.6 Å². The molecule has 7 nitrogen and oxygen atoms in total. The largest absolute Gasteiger partial charge is 0.389 e. The van der Waals surface area contributed by atoms with Gasteiger partial charge in [-0.25, -0.2) is 10.1 Å². The van der Waals surface area contributed by atoms with E-state index in [0.29, 0.717) is 17.3 Å². The number of aliphatic hydroxyl groups is 1. The van der Waals surface area contributed by atoms with Crippen LogP contribution in [0, 0.1) is 5.92 Å². The number of carbonyl (C=O) groups excluding carboxylic acids is 1. The maximum Gasteiger partial charge on any atom is 0.152 e. The molecule has 0 saturated heterocycles. The molecule has 2 atom stereocenters. The summed E-state index contributed by atoms with van der Waals surface area (Å²) < 4.78 is 0. The molecule has 0 aliphatic rings. The van der Waals surface area contributed by atoms with Crippen molar-refractivity contribution >= 4 is 17.1 Å². The summed E-state index contributed by atoms with van der Waals surface area (Å²) in [5, 5.41) is 24.2. The van der Waals surface area contributed by atoms with E-state index < -0.39 is 0 Å². The quantitative estimate of drug-likeness (QED) is 0.586. The molecule has 0 bridgehead atoms. The van der Waals surface area contributed by atoms with Crippen LogP contribution in [0.15, 0.2) is 30.5 Å². The molecule has 1 aromatic carbocycles. The summed E-state index contributed by atoms with van der Waals surface area (Å²) in [5.74, 6) is 0.629. The molecule has 0 aliphatic heterocycles. The first kappa shape index (κ1) is 19.3. The van der Waals surface area contributed by atoms with Crippen molar-refractivity contribution in [2.24, 2.45) is 5.92 Å². The monoisotopic (exact) mass is 385 g/mol. The first-order valence-corrected chi connectivity index (χ1v) is 9.83. The number of H-pyrrole nitrogens is 1. The summed E-state index contributed by atoms with van der Waals surface area (Å²) in [6.07, 6.45) is 4.20. The third-order valence-electron chi connectivity index (χ3n) is 4.70. The average molecular weight is 385 g/mol. The third kappa shape index (κ3) is 4.64. The lowest BCUT2D eigenvalue weighted by atomic mass is 9.81. The second-order valence-corrected chi connectivity index (χ2v) is 7.69. The van der Waals surface area contributed by atoms with Crippen LogP contribution in [0.2, 0.25) is 0 Å². The topological polar surface area (TPSA) is 105 Å². The highest BCUT2D eigenvalue weighted by Gasteiger charge is 2.29. The maximum atomic E-state index is 12.2. The van der Waals surface area contributed by atoms with Crippen LogP contribution in [0.3, 0.4) is 0 Å². The summed E-state index contributed by atoms with van der Waals surface area (Å²) >= 11 is 1.48. The van der Waals surface area contributed by atoms with Crippen molar-refractivity contribution < 1.29 is 9.90 Å². The Bertz CT molecular complexity index is 861. The number of aliphatic hydroxyl groups excluding tert-OH is 1. The van der Waals surface area contributed by atoms with Crippen LogP contribution >= 0.6 is 11.3 Å². The van der Waals surface area contributed by atoms with E-state index in [1.54, 1.807) is 13.1 Å². The number of nitrogens with zero attached hydrogens (tertiary/aromatic N) is 4. The lowest BCUT2D eigenvalue weighted by Gasteiger charge is -2.22. The zero-order valence-corrected chi connectivity index (χ0v) is 16.2. The first-order valence-electron chi connectivity index (χ1n) is 9.01. The number of rotatable bonds is 9. The van der Waals surface area contributed by atoms with Gasteiger partial charge < -0.3 is 5.11 Å². The van der Waals surface area contributed by atoms with Gasteiger partial charge in [0.25, 0.3) is 0 Å². The maximum absolute atomic E-state index is 12.2. The molecular weight excluding hydrogens is 362 g/mol. The number of aromatic amines is 1. The second kappa shape index (κ2) is 8.96. The fraction of sp³-hybridized carbons (Fsp3) is 0.421. The van der Waals surface area contributed by atoms with E-state index >= 15 is 0 Å². The van der Waals surface area contributed by atoms with Gasteiger partial charge in [-0.05, 0) is 41.3 Å². The number of ketones is 1. The summed E-state index contributed by atoms with van der Waals surface area (Å²) in [6.45, 7) is 3.68. The van der Waals surface area contributed by atoms with Crippen LogP contribution in [-0.4, -0.2) is 36.5 Å². The number of aromatic nitrogens is 5. The van der Waals surface area contributed by atoms with Crippen LogP contribution in [0.5, 0.6) is 0 Å². The molecular formula is C19H23N5O2S. The number of carbonyl (C=O) groups is 1. The minimum atomic E-state index is -0.113. The lowest BCUT2D eigenvalue weighted by Crippen LogP contribution is -2.23. The van der Waals surface area contributed by atoms with Crippen LogP contribution in [0.25, 0.3) is 10.4 Å². The van der Waals surface area contributed by atoms with Gasteiger partial charge in [0.1, 0.15) is 10.8 Å². The molecule has 2 heterocycles. The van der Waals surface area contributed by atoms with Crippen LogP contribution in [0.1, 0.15) is 49.0 Å². The predicted molar refractivity (Wildman–Crippen MR) is 103 cm³/mol. The Morgan fingerprint density at radius 2 is 2.07 bits per heavy atom. The van der Waals surface area contributed by atoms with Crippen LogP contribution in [-0.2, 0) is 17.8 Å². The normalized spacial score (nSPS) is 13.4. The van der Waals surface area contributed by atoms with Crippen molar-refractivity contribution in [3.63, 3.8) is 0 Å². The van der Waals surface area contributed by atoms with E-state index in [1.165, 1.54) is 11.3 Å². The summed E-state index contributed by atoms with van der Waals surface area (Å²) in [6, 6.07) is 8.21. The van der Waals surface area contributed by atoms with Gasteiger partial charge in [0.15, 0.2) is 5.82 Å². The van der Waals surface area contributed by atoms with Gasteiger partial charge in [0.2, 0.25) is 0 Å². The number of tetrazole rings is 1. The van der Waals surface area contributed by atoms with Crippen LogP contribution in [0.4, 0.5) is 0 Å². The lowest BCUT2D eigenvalue weighted by molar-refractivity contribution is -0.121. The fourth-order valence-electron chi connectivity index (χ4n) is 3.33. The summed E-state index contributed by atoms with van der Waals surface area (Å²) in [7, 11) is 0. The zero-order chi connectivity index (χ0) is 19.2. The van der Waals surface area contributed by atoms with Gasteiger partial charge in [0.05, 0.1) is 11.5 Å². The van der Waals surface area contributed by atoms with Crippen molar-refractivity contribution in [1.29, 1.82) is 0 Å². The van der Waals surface area contributed by atoms with Crippen molar-refractivity contribution in [2.45, 2.75) is 45.6 Å². The predicted octanol–water partition coefficient (Wildman–Crippen LogP) is 3.15. The van der Waals surface area contributed by atoms with E-state index in [0.717, 1.165) is 28.8 Å². The molecule has 142 valence electrons. The van der Waals surface area contributed by atoms with Gasteiger partial charge in [-0.15, -0.1) is 16.4 Å². The summed E-state index contributed by atoms with van der Waals surface area (Å²) in [4.78, 5) is 17.4. The Morgan fingerprint density at radius 3 is 2.63 bits per heavy atom. The number of thiazole rings is 1. The van der Waals surface area contributed by atoms with E-state index in [9.17, 15) is 9.90 Å². The van der Waals surface area contributed by atoms with Gasteiger partial charge in [-0.3, -0.25) is 4.79 Å². The minimum absolute atomic E-state index is 0.0422. The SMILES string of the molecule is CCC[C@H](C(C)=O)[C@H](Cc1ccc(-c2cnc(CO)s2)cc1)c1nnn[nH]1. The van der Waals surface area contributed by atoms with Gasteiger partial charge in [-0.2, -0.15) is 0 Å². The van der Waals surface area contributed by atoms with Crippen molar-refractivity contribution in [2.75, 3.05) is 0 Å². The Balaban J connectivity index is 1.82. The average Bonchev–Trinajstić information content (AvgIpc) is 3.36. The van der Waals surface area contributed by atoms with Crippen molar-refractivity contribution in [1.82, 2.24) is 25.6 Å². The van der Waals surface area contributed by atoms with E-state index in [-0.39, 0.29) is 24.2 Å². The highest BCUT2D eigenvalue weighted by Crippen LogP contribution is 2.32. The fourth-order valence-corrected chi connectivity index (χ4v) is 4.11. The molecule has 8 heteroatoms. The smallest absolute Gasteiger partial charge is 0.152 e. The molecule has 0 spiro atoms.